The zero-order valence-electron chi connectivity index (χ0n) is 21.8. The summed E-state index contributed by atoms with van der Waals surface area (Å²) in [6.45, 7) is 5.61. The highest BCUT2D eigenvalue weighted by Gasteiger charge is 2.34. The molecule has 0 aliphatic rings. The van der Waals surface area contributed by atoms with E-state index in [1.807, 2.05) is 68.8 Å². The molecule has 9 heteroatoms. The molecule has 0 fully saturated rings. The molecule has 1 aromatic heterocycles. The molecule has 1 N–H and O–H groups in total. The number of hydrogen-bond acceptors (Lipinski definition) is 5. The van der Waals surface area contributed by atoms with Gasteiger partial charge in [-0.2, -0.15) is 0 Å². The van der Waals surface area contributed by atoms with Crippen LogP contribution in [-0.2, 0) is 16.6 Å². The number of nitrogens with one attached hydrogen (secondary N) is 1. The van der Waals surface area contributed by atoms with Crippen LogP contribution >= 0.6 is 11.8 Å². The van der Waals surface area contributed by atoms with Crippen LogP contribution in [0, 0.1) is 5.82 Å². The van der Waals surface area contributed by atoms with Crippen molar-refractivity contribution in [2.24, 2.45) is 7.05 Å². The van der Waals surface area contributed by atoms with Crippen molar-refractivity contribution >= 4 is 29.3 Å². The summed E-state index contributed by atoms with van der Waals surface area (Å²) in [5, 5.41) is 12.1. The number of carbonyl (C=O) groups excluding carboxylic acids is 2. The fraction of sp³-hybridized carbons (Fsp3) is 0.241. The van der Waals surface area contributed by atoms with E-state index < -0.39 is 17.4 Å². The Bertz CT molecular complexity index is 1390. The van der Waals surface area contributed by atoms with E-state index in [9.17, 15) is 14.0 Å². The van der Waals surface area contributed by atoms with Crippen LogP contribution in [0.3, 0.4) is 0 Å². The van der Waals surface area contributed by atoms with Gasteiger partial charge in [0, 0.05) is 23.8 Å². The number of nitrogens with zero attached hydrogens (tertiary/aromatic N) is 4. The van der Waals surface area contributed by atoms with Gasteiger partial charge >= 0.3 is 0 Å². The van der Waals surface area contributed by atoms with E-state index in [2.05, 4.69) is 15.5 Å². The maximum Gasteiger partial charge on any atom is 0.248 e. The molecule has 0 saturated heterocycles. The molecular weight excluding hydrogens is 501 g/mol. The van der Waals surface area contributed by atoms with Crippen LogP contribution < -0.4 is 10.2 Å². The molecule has 2 amide bonds. The Balaban J connectivity index is 1.67. The number of aromatic nitrogens is 3. The molecular formula is C29H30FN5O2S. The van der Waals surface area contributed by atoms with Crippen LogP contribution in [0.15, 0.2) is 90.1 Å². The Kier molecular flexibility index (Phi) is 8.26. The van der Waals surface area contributed by atoms with Crippen LogP contribution in [0.4, 0.5) is 10.1 Å². The molecule has 0 unspecified atom stereocenters. The van der Waals surface area contributed by atoms with Crippen molar-refractivity contribution < 1.29 is 14.0 Å². The molecule has 0 spiro atoms. The van der Waals surface area contributed by atoms with Gasteiger partial charge in [0.05, 0.1) is 5.75 Å². The van der Waals surface area contributed by atoms with Crippen LogP contribution in [0.25, 0.3) is 11.4 Å². The molecule has 0 radical (unpaired) electrons. The number of amides is 2. The topological polar surface area (TPSA) is 80.1 Å². The smallest absolute Gasteiger partial charge is 0.248 e. The lowest BCUT2D eigenvalue weighted by Gasteiger charge is -2.33. The monoisotopic (exact) mass is 531 g/mol. The first kappa shape index (κ1) is 27.1. The Labute approximate surface area is 226 Å². The van der Waals surface area contributed by atoms with Gasteiger partial charge < -0.3 is 9.88 Å². The van der Waals surface area contributed by atoms with Crippen LogP contribution in [0.2, 0.25) is 0 Å². The van der Waals surface area contributed by atoms with Crippen molar-refractivity contribution in [3.63, 3.8) is 0 Å². The maximum atomic E-state index is 13.9. The second-order valence-corrected chi connectivity index (χ2v) is 10.8. The Morgan fingerprint density at radius 2 is 1.55 bits per heavy atom. The van der Waals surface area contributed by atoms with E-state index in [1.165, 1.54) is 40.9 Å². The van der Waals surface area contributed by atoms with Crippen molar-refractivity contribution in [2.75, 3.05) is 10.7 Å². The van der Waals surface area contributed by atoms with Crippen molar-refractivity contribution in [3.8, 4) is 11.4 Å². The molecule has 1 heterocycles. The molecule has 7 nitrogen and oxygen atoms in total. The number of para-hydroxylation sites is 1. The highest BCUT2D eigenvalue weighted by Crippen LogP contribution is 2.31. The van der Waals surface area contributed by atoms with Crippen molar-refractivity contribution in [2.45, 2.75) is 37.5 Å². The van der Waals surface area contributed by atoms with Gasteiger partial charge in [0.15, 0.2) is 11.0 Å². The lowest BCUT2D eigenvalue weighted by Crippen LogP contribution is -2.50. The van der Waals surface area contributed by atoms with Gasteiger partial charge in [0.2, 0.25) is 11.8 Å². The zero-order chi connectivity index (χ0) is 27.3. The molecule has 4 aromatic rings. The summed E-state index contributed by atoms with van der Waals surface area (Å²) < 4.78 is 15.6. The normalized spacial score (nSPS) is 12.1. The van der Waals surface area contributed by atoms with Gasteiger partial charge in [-0.25, -0.2) is 4.39 Å². The van der Waals surface area contributed by atoms with E-state index in [1.54, 1.807) is 24.3 Å². The number of hydrogen-bond donors (Lipinski definition) is 1. The average molecular weight is 532 g/mol. The van der Waals surface area contributed by atoms with Gasteiger partial charge in [0.1, 0.15) is 11.9 Å². The van der Waals surface area contributed by atoms with Gasteiger partial charge in [-0.15, -0.1) is 10.2 Å². The van der Waals surface area contributed by atoms with Gasteiger partial charge in [0.25, 0.3) is 0 Å². The number of rotatable bonds is 8. The summed E-state index contributed by atoms with van der Waals surface area (Å²) in [4.78, 5) is 28.9. The largest absolute Gasteiger partial charge is 0.349 e. The molecule has 0 saturated carbocycles. The Hall–Kier alpha value is -3.98. The first-order chi connectivity index (χ1) is 18.1. The molecule has 38 heavy (non-hydrogen) atoms. The van der Waals surface area contributed by atoms with E-state index in [-0.39, 0.29) is 17.6 Å². The Morgan fingerprint density at radius 1 is 0.947 bits per heavy atom. The summed E-state index contributed by atoms with van der Waals surface area (Å²) in [6, 6.07) is 23.3. The average Bonchev–Trinajstić information content (AvgIpc) is 3.26. The molecule has 0 bridgehead atoms. The molecule has 1 atom stereocenters. The lowest BCUT2D eigenvalue weighted by molar-refractivity contribution is -0.127. The van der Waals surface area contributed by atoms with Crippen molar-refractivity contribution in [3.05, 3.63) is 96.3 Å². The highest BCUT2D eigenvalue weighted by molar-refractivity contribution is 7.99. The third-order valence-electron chi connectivity index (χ3n) is 5.69. The summed E-state index contributed by atoms with van der Waals surface area (Å²) >= 11 is 1.24. The predicted molar refractivity (Wildman–Crippen MR) is 148 cm³/mol. The Morgan fingerprint density at radius 3 is 2.16 bits per heavy atom. The van der Waals surface area contributed by atoms with Crippen molar-refractivity contribution in [1.82, 2.24) is 20.1 Å². The second-order valence-electron chi connectivity index (χ2n) is 9.81. The van der Waals surface area contributed by atoms with Crippen LogP contribution in [0.5, 0.6) is 0 Å². The predicted octanol–water partition coefficient (Wildman–Crippen LogP) is 5.40. The van der Waals surface area contributed by atoms with Gasteiger partial charge in [-0.3, -0.25) is 14.5 Å². The highest BCUT2D eigenvalue weighted by atomic mass is 32.2. The third kappa shape index (κ3) is 6.47. The molecule has 3 aromatic carbocycles. The molecule has 0 aliphatic heterocycles. The van der Waals surface area contributed by atoms with Crippen LogP contribution in [-0.4, -0.2) is 37.9 Å². The summed E-state index contributed by atoms with van der Waals surface area (Å²) in [6.07, 6.45) is 0. The van der Waals surface area contributed by atoms with Crippen molar-refractivity contribution in [1.29, 1.82) is 0 Å². The lowest BCUT2D eigenvalue weighted by atomic mass is 10.0. The van der Waals surface area contributed by atoms with Crippen LogP contribution in [0.1, 0.15) is 32.4 Å². The fourth-order valence-corrected chi connectivity index (χ4v) is 4.77. The third-order valence-corrected chi connectivity index (χ3v) is 6.69. The summed E-state index contributed by atoms with van der Waals surface area (Å²) in [5.74, 6) is -0.390. The first-order valence-electron chi connectivity index (χ1n) is 12.2. The quantitative estimate of drug-likeness (QED) is 0.308. The van der Waals surface area contributed by atoms with E-state index in [4.69, 9.17) is 0 Å². The SMILES string of the molecule is Cn1c(SCC(=O)N(c2ccccc2)[C@H](C(=O)NC(C)(C)C)c2ccc(F)cc2)nnc1-c1ccccc1. The molecule has 4 rings (SSSR count). The van der Waals surface area contributed by atoms with E-state index in [0.717, 1.165) is 5.56 Å². The first-order valence-corrected chi connectivity index (χ1v) is 13.1. The minimum Gasteiger partial charge on any atom is -0.349 e. The van der Waals surface area contributed by atoms with Gasteiger partial charge in [-0.05, 0) is 50.6 Å². The maximum absolute atomic E-state index is 13.9. The van der Waals surface area contributed by atoms with E-state index >= 15 is 0 Å². The number of benzene rings is 3. The number of carbonyl (C=O) groups is 2. The fourth-order valence-electron chi connectivity index (χ4n) is 4.00. The van der Waals surface area contributed by atoms with Gasteiger partial charge in [-0.1, -0.05) is 72.4 Å². The minimum absolute atomic E-state index is 0.0101. The zero-order valence-corrected chi connectivity index (χ0v) is 22.6. The van der Waals surface area contributed by atoms with E-state index in [0.29, 0.717) is 22.2 Å². The summed E-state index contributed by atoms with van der Waals surface area (Å²) in [7, 11) is 1.85. The number of anilines is 1. The minimum atomic E-state index is -1.01. The number of thioether (sulfide) groups is 1. The molecule has 196 valence electrons. The summed E-state index contributed by atoms with van der Waals surface area (Å²) in [5.41, 5.74) is 1.43. The molecule has 0 aliphatic carbocycles. The second kappa shape index (κ2) is 11.6. The number of halogens is 1. The standard InChI is InChI=1S/C29H30FN5O2S/c1-29(2,3)31-27(37)25(20-15-17-22(30)18-16-20)35(23-13-9-6-10-14-23)24(36)19-38-28-33-32-26(34(28)4)21-11-7-5-8-12-21/h5-18,25H,19H2,1-4H3,(H,31,37)/t25-/m0/s1.